The molecule has 12 heavy (non-hydrogen) atoms. The van der Waals surface area contributed by atoms with Gasteiger partial charge < -0.3 is 0 Å². The van der Waals surface area contributed by atoms with E-state index in [9.17, 15) is 4.79 Å². The Morgan fingerprint density at radius 3 is 2.92 bits per heavy atom. The van der Waals surface area contributed by atoms with E-state index in [1.165, 1.54) is 0 Å². The van der Waals surface area contributed by atoms with Gasteiger partial charge in [-0.3, -0.25) is 14.6 Å². The molecule has 0 saturated heterocycles. The normalized spacial score (nSPS) is 10.8. The van der Waals surface area contributed by atoms with E-state index in [0.717, 1.165) is 16.5 Å². The number of benzene rings is 1. The number of H-pyrrole nitrogens is 1. The number of hydrogen-bond acceptors (Lipinski definition) is 1. The van der Waals surface area contributed by atoms with E-state index >= 15 is 0 Å². The average molecular weight is 162 g/mol. The van der Waals surface area contributed by atoms with Crippen LogP contribution in [0.2, 0.25) is 0 Å². The van der Waals surface area contributed by atoms with Gasteiger partial charge in [-0.15, -0.1) is 0 Å². The number of fused-ring (bicyclic) bond motifs is 1. The molecule has 0 aliphatic heterocycles. The molecule has 1 aromatic heterocycles. The Kier molecular flexibility index (Phi) is 1.33. The molecule has 0 radical (unpaired) electrons. The molecule has 0 spiro atoms. The number of rotatable bonds is 0. The summed E-state index contributed by atoms with van der Waals surface area (Å²) in [7, 11) is 1.83. The van der Waals surface area contributed by atoms with E-state index in [4.69, 9.17) is 0 Å². The molecule has 3 heteroatoms. The van der Waals surface area contributed by atoms with Crippen molar-refractivity contribution in [3.05, 3.63) is 34.1 Å². The first-order valence-corrected chi connectivity index (χ1v) is 3.84. The zero-order valence-corrected chi connectivity index (χ0v) is 7.09. The Bertz CT molecular complexity index is 479. The van der Waals surface area contributed by atoms with Crippen LogP contribution in [0.3, 0.4) is 0 Å². The van der Waals surface area contributed by atoms with E-state index in [1.54, 1.807) is 4.68 Å². The second-order valence-electron chi connectivity index (χ2n) is 3.02. The van der Waals surface area contributed by atoms with Gasteiger partial charge in [0.1, 0.15) is 0 Å². The van der Waals surface area contributed by atoms with Crippen molar-refractivity contribution in [3.63, 3.8) is 0 Å². The maximum Gasteiger partial charge on any atom is 0.271 e. The number of nitrogens with zero attached hydrogens (tertiary/aromatic N) is 1. The lowest BCUT2D eigenvalue weighted by Crippen LogP contribution is -2.01. The third-order valence-corrected chi connectivity index (χ3v) is 2.03. The van der Waals surface area contributed by atoms with Crippen LogP contribution in [0.15, 0.2) is 23.0 Å². The van der Waals surface area contributed by atoms with Crippen LogP contribution in [0.5, 0.6) is 0 Å². The molecule has 0 amide bonds. The van der Waals surface area contributed by atoms with Crippen LogP contribution in [0.25, 0.3) is 10.9 Å². The number of aromatic nitrogens is 2. The van der Waals surface area contributed by atoms with Gasteiger partial charge >= 0.3 is 0 Å². The van der Waals surface area contributed by atoms with Crippen molar-refractivity contribution < 1.29 is 0 Å². The van der Waals surface area contributed by atoms with Gasteiger partial charge in [0.25, 0.3) is 5.56 Å². The molecule has 0 bridgehead atoms. The fraction of sp³-hybridized carbons (Fsp3) is 0.222. The second kappa shape index (κ2) is 2.24. The number of aryl methyl sites for hydroxylation is 2. The van der Waals surface area contributed by atoms with E-state index in [-0.39, 0.29) is 5.56 Å². The van der Waals surface area contributed by atoms with Crippen LogP contribution in [0.4, 0.5) is 0 Å². The van der Waals surface area contributed by atoms with Crippen molar-refractivity contribution in [2.24, 2.45) is 7.05 Å². The van der Waals surface area contributed by atoms with Gasteiger partial charge in [-0.25, -0.2) is 0 Å². The number of nitrogens with one attached hydrogen (secondary N) is 1. The minimum Gasteiger partial charge on any atom is -0.288 e. The SMILES string of the molecule is Cc1ccc2c(c1)c(=O)[nH]n2C. The molecule has 3 nitrogen and oxygen atoms in total. The first-order valence-electron chi connectivity index (χ1n) is 3.84. The first kappa shape index (κ1) is 7.16. The van der Waals surface area contributed by atoms with Crippen LogP contribution in [-0.2, 0) is 7.05 Å². The molecule has 2 rings (SSSR count). The Balaban J connectivity index is 3.00. The molecule has 0 atom stereocenters. The molecule has 2 aromatic rings. The Labute approximate surface area is 69.6 Å². The number of aromatic amines is 1. The van der Waals surface area contributed by atoms with Crippen LogP contribution >= 0.6 is 0 Å². The number of hydrogen-bond donors (Lipinski definition) is 1. The highest BCUT2D eigenvalue weighted by Crippen LogP contribution is 2.09. The van der Waals surface area contributed by atoms with Crippen LogP contribution < -0.4 is 5.56 Å². The fourth-order valence-corrected chi connectivity index (χ4v) is 1.40. The van der Waals surface area contributed by atoms with Gasteiger partial charge in [0.15, 0.2) is 0 Å². The Morgan fingerprint density at radius 1 is 1.42 bits per heavy atom. The van der Waals surface area contributed by atoms with Gasteiger partial charge in [0.05, 0.1) is 10.9 Å². The fourth-order valence-electron chi connectivity index (χ4n) is 1.40. The molecule has 1 heterocycles. The van der Waals surface area contributed by atoms with E-state index < -0.39 is 0 Å². The lowest BCUT2D eigenvalue weighted by molar-refractivity contribution is 0.783. The van der Waals surface area contributed by atoms with Crippen molar-refractivity contribution >= 4 is 10.9 Å². The van der Waals surface area contributed by atoms with Crippen molar-refractivity contribution in [2.45, 2.75) is 6.92 Å². The van der Waals surface area contributed by atoms with E-state index in [0.29, 0.717) is 0 Å². The highest BCUT2D eigenvalue weighted by molar-refractivity contribution is 5.78. The maximum absolute atomic E-state index is 11.3. The van der Waals surface area contributed by atoms with Crippen molar-refractivity contribution in [1.82, 2.24) is 9.78 Å². The molecule has 0 unspecified atom stereocenters. The molecule has 0 saturated carbocycles. The second-order valence-corrected chi connectivity index (χ2v) is 3.02. The third kappa shape index (κ3) is 0.863. The van der Waals surface area contributed by atoms with Crippen LogP contribution in [-0.4, -0.2) is 9.78 Å². The minimum atomic E-state index is -0.0174. The topological polar surface area (TPSA) is 37.8 Å². The molecular formula is C9H10N2O. The summed E-state index contributed by atoms with van der Waals surface area (Å²) in [5.41, 5.74) is 2.04. The predicted molar refractivity (Wildman–Crippen MR) is 48.3 cm³/mol. The Hall–Kier alpha value is -1.51. The van der Waals surface area contributed by atoms with Crippen molar-refractivity contribution in [1.29, 1.82) is 0 Å². The summed E-state index contributed by atoms with van der Waals surface area (Å²) in [5, 5.41) is 3.47. The molecule has 62 valence electrons. The zero-order chi connectivity index (χ0) is 8.72. The summed E-state index contributed by atoms with van der Waals surface area (Å²) in [5.74, 6) is 0. The van der Waals surface area contributed by atoms with Gasteiger partial charge in [-0.05, 0) is 19.1 Å². The summed E-state index contributed by atoms with van der Waals surface area (Å²) in [6.07, 6.45) is 0. The smallest absolute Gasteiger partial charge is 0.271 e. The standard InChI is InChI=1S/C9H10N2O/c1-6-3-4-8-7(5-6)9(12)10-11(8)2/h3-5H,1-2H3,(H,10,12). The summed E-state index contributed by atoms with van der Waals surface area (Å²) in [6, 6.07) is 5.84. The average Bonchev–Trinajstić information content (AvgIpc) is 2.28. The van der Waals surface area contributed by atoms with Gasteiger partial charge in [-0.1, -0.05) is 11.6 Å². The third-order valence-electron chi connectivity index (χ3n) is 2.03. The Morgan fingerprint density at radius 2 is 2.17 bits per heavy atom. The summed E-state index contributed by atoms with van der Waals surface area (Å²) < 4.78 is 1.73. The van der Waals surface area contributed by atoms with Crippen molar-refractivity contribution in [3.8, 4) is 0 Å². The lowest BCUT2D eigenvalue weighted by Gasteiger charge is -1.94. The van der Waals surface area contributed by atoms with Crippen LogP contribution in [0.1, 0.15) is 5.56 Å². The molecular weight excluding hydrogens is 152 g/mol. The predicted octanol–water partition coefficient (Wildman–Crippen LogP) is 1.18. The molecule has 0 fully saturated rings. The van der Waals surface area contributed by atoms with Crippen LogP contribution in [0, 0.1) is 6.92 Å². The first-order chi connectivity index (χ1) is 5.68. The van der Waals surface area contributed by atoms with Gasteiger partial charge in [0.2, 0.25) is 0 Å². The summed E-state index contributed by atoms with van der Waals surface area (Å²) in [6.45, 7) is 1.98. The highest BCUT2D eigenvalue weighted by atomic mass is 16.1. The largest absolute Gasteiger partial charge is 0.288 e. The van der Waals surface area contributed by atoms with Gasteiger partial charge in [-0.2, -0.15) is 0 Å². The summed E-state index contributed by atoms with van der Waals surface area (Å²) >= 11 is 0. The molecule has 1 N–H and O–H groups in total. The van der Waals surface area contributed by atoms with E-state index in [1.807, 2.05) is 32.2 Å². The maximum atomic E-state index is 11.3. The van der Waals surface area contributed by atoms with Gasteiger partial charge in [0, 0.05) is 7.05 Å². The molecule has 0 aliphatic rings. The summed E-state index contributed by atoms with van der Waals surface area (Å²) in [4.78, 5) is 11.3. The molecule has 0 aliphatic carbocycles. The monoisotopic (exact) mass is 162 g/mol. The lowest BCUT2D eigenvalue weighted by atomic mass is 10.2. The van der Waals surface area contributed by atoms with E-state index in [2.05, 4.69) is 5.10 Å². The highest BCUT2D eigenvalue weighted by Gasteiger charge is 2.01. The molecule has 1 aromatic carbocycles. The minimum absolute atomic E-state index is 0.0174. The quantitative estimate of drug-likeness (QED) is 0.620. The van der Waals surface area contributed by atoms with Crippen molar-refractivity contribution in [2.75, 3.05) is 0 Å². The zero-order valence-electron chi connectivity index (χ0n) is 7.09.